The summed E-state index contributed by atoms with van der Waals surface area (Å²) in [5.41, 5.74) is 4.02. The van der Waals surface area contributed by atoms with E-state index in [9.17, 15) is 0 Å². The first-order valence-electron chi connectivity index (χ1n) is 8.47. The average molecular weight is 311 g/mol. The molecule has 0 aliphatic rings. The van der Waals surface area contributed by atoms with Crippen molar-refractivity contribution < 1.29 is 10.2 Å². The number of aliphatic hydroxyl groups excluding tert-OH is 2. The number of hydrogen-bond donors (Lipinski definition) is 2. The molecule has 0 aliphatic carbocycles. The molecular weight excluding hydrogens is 272 g/mol. The lowest BCUT2D eigenvalue weighted by Crippen LogP contribution is -1.96. The Bertz CT molecular complexity index is 330. The van der Waals surface area contributed by atoms with Gasteiger partial charge in [0.15, 0.2) is 0 Å². The van der Waals surface area contributed by atoms with Crippen LogP contribution < -0.4 is 0 Å². The Kier molecular flexibility index (Phi) is 17.6. The largest absolute Gasteiger partial charge is 0.396 e. The SMILES string of the molecule is CC(C)=CCC/C(C)=C\CO.CC(C)=CCCC(C)CCO. The zero-order valence-corrected chi connectivity index (χ0v) is 15.7. The normalized spacial score (nSPS) is 12.1. The van der Waals surface area contributed by atoms with Gasteiger partial charge in [0.2, 0.25) is 0 Å². The second-order valence-electron chi connectivity index (χ2n) is 6.53. The Morgan fingerprint density at radius 3 is 1.82 bits per heavy atom. The van der Waals surface area contributed by atoms with Gasteiger partial charge in [-0.1, -0.05) is 41.9 Å². The van der Waals surface area contributed by atoms with Gasteiger partial charge in [0, 0.05) is 6.61 Å². The van der Waals surface area contributed by atoms with E-state index >= 15 is 0 Å². The first kappa shape index (κ1) is 23.4. The first-order chi connectivity index (χ1) is 10.3. The minimum absolute atomic E-state index is 0.167. The van der Waals surface area contributed by atoms with Gasteiger partial charge < -0.3 is 10.2 Å². The Morgan fingerprint density at radius 2 is 1.36 bits per heavy atom. The van der Waals surface area contributed by atoms with E-state index in [4.69, 9.17) is 10.2 Å². The highest BCUT2D eigenvalue weighted by Crippen LogP contribution is 2.10. The van der Waals surface area contributed by atoms with Crippen LogP contribution in [-0.2, 0) is 0 Å². The lowest BCUT2D eigenvalue weighted by molar-refractivity contribution is 0.259. The maximum atomic E-state index is 8.63. The summed E-state index contributed by atoms with van der Waals surface area (Å²) < 4.78 is 0. The topological polar surface area (TPSA) is 40.5 Å². The lowest BCUT2D eigenvalue weighted by atomic mass is 10.0. The van der Waals surface area contributed by atoms with Gasteiger partial charge in [-0.25, -0.2) is 0 Å². The maximum absolute atomic E-state index is 8.63. The van der Waals surface area contributed by atoms with Crippen molar-refractivity contribution in [3.05, 3.63) is 34.9 Å². The molecule has 130 valence electrons. The van der Waals surface area contributed by atoms with Crippen LogP contribution in [-0.4, -0.2) is 23.4 Å². The summed E-state index contributed by atoms with van der Waals surface area (Å²) in [5, 5.41) is 17.2. The third-order valence-corrected chi connectivity index (χ3v) is 3.36. The molecule has 1 unspecified atom stereocenters. The Morgan fingerprint density at radius 1 is 0.818 bits per heavy atom. The van der Waals surface area contributed by atoms with Gasteiger partial charge in [0.1, 0.15) is 0 Å². The fourth-order valence-corrected chi connectivity index (χ4v) is 1.87. The molecule has 0 fully saturated rings. The van der Waals surface area contributed by atoms with Crippen molar-refractivity contribution in [2.45, 2.75) is 73.6 Å². The third-order valence-electron chi connectivity index (χ3n) is 3.36. The summed E-state index contributed by atoms with van der Waals surface area (Å²) in [7, 11) is 0. The Labute approximate surface area is 138 Å². The Balaban J connectivity index is 0. The van der Waals surface area contributed by atoms with E-state index in [0.29, 0.717) is 12.5 Å². The molecule has 2 N–H and O–H groups in total. The van der Waals surface area contributed by atoms with Crippen molar-refractivity contribution in [1.82, 2.24) is 0 Å². The van der Waals surface area contributed by atoms with E-state index in [2.05, 4.69) is 53.7 Å². The third kappa shape index (κ3) is 21.4. The molecule has 0 heterocycles. The van der Waals surface area contributed by atoms with Crippen LogP contribution in [0.15, 0.2) is 34.9 Å². The maximum Gasteiger partial charge on any atom is 0.0614 e. The number of hydrogen-bond acceptors (Lipinski definition) is 2. The fraction of sp³-hybridized carbons (Fsp3) is 0.700. The highest BCUT2D eigenvalue weighted by atomic mass is 16.3. The fourth-order valence-electron chi connectivity index (χ4n) is 1.87. The molecule has 0 radical (unpaired) electrons. The summed E-state index contributed by atoms with van der Waals surface area (Å²) >= 11 is 0. The Hall–Kier alpha value is -0.860. The molecule has 2 heteroatoms. The second-order valence-corrected chi connectivity index (χ2v) is 6.53. The minimum Gasteiger partial charge on any atom is -0.396 e. The van der Waals surface area contributed by atoms with Crippen molar-refractivity contribution in [3.8, 4) is 0 Å². The van der Waals surface area contributed by atoms with Crippen LogP contribution in [0.2, 0.25) is 0 Å². The molecule has 0 bridgehead atoms. The highest BCUT2D eigenvalue weighted by Gasteiger charge is 1.98. The molecule has 0 saturated carbocycles. The van der Waals surface area contributed by atoms with E-state index in [-0.39, 0.29) is 6.61 Å². The second kappa shape index (κ2) is 16.5. The van der Waals surface area contributed by atoms with Gasteiger partial charge in [0.05, 0.1) is 6.61 Å². The van der Waals surface area contributed by atoms with Crippen LogP contribution in [0.4, 0.5) is 0 Å². The van der Waals surface area contributed by atoms with Crippen molar-refractivity contribution in [3.63, 3.8) is 0 Å². The van der Waals surface area contributed by atoms with Crippen molar-refractivity contribution in [1.29, 1.82) is 0 Å². The summed E-state index contributed by atoms with van der Waals surface area (Å²) in [6.07, 6.45) is 11.8. The molecule has 0 aromatic rings. The zero-order valence-electron chi connectivity index (χ0n) is 15.7. The first-order valence-corrected chi connectivity index (χ1v) is 8.47. The minimum atomic E-state index is 0.167. The summed E-state index contributed by atoms with van der Waals surface area (Å²) in [4.78, 5) is 0. The lowest BCUT2D eigenvalue weighted by Gasteiger charge is -2.06. The molecule has 0 saturated heterocycles. The van der Waals surface area contributed by atoms with Gasteiger partial charge in [-0.05, 0) is 72.6 Å². The van der Waals surface area contributed by atoms with Crippen molar-refractivity contribution in [2.75, 3.05) is 13.2 Å². The molecule has 0 amide bonds. The molecule has 0 aromatic heterocycles. The van der Waals surface area contributed by atoms with E-state index in [1.165, 1.54) is 23.1 Å². The summed E-state index contributed by atoms with van der Waals surface area (Å²) in [5.74, 6) is 0.663. The van der Waals surface area contributed by atoms with Crippen molar-refractivity contribution in [2.24, 2.45) is 5.92 Å². The predicted octanol–water partition coefficient (Wildman–Crippen LogP) is 5.42. The molecule has 0 aromatic carbocycles. The molecule has 0 rings (SSSR count). The van der Waals surface area contributed by atoms with Gasteiger partial charge in [-0.2, -0.15) is 0 Å². The molecule has 0 spiro atoms. The van der Waals surface area contributed by atoms with Crippen LogP contribution in [0.1, 0.15) is 73.6 Å². The highest BCUT2D eigenvalue weighted by molar-refractivity contribution is 5.01. The number of rotatable bonds is 9. The quantitative estimate of drug-likeness (QED) is 0.558. The molecule has 1 atom stereocenters. The van der Waals surface area contributed by atoms with E-state index in [0.717, 1.165) is 25.7 Å². The van der Waals surface area contributed by atoms with Gasteiger partial charge in [0.25, 0.3) is 0 Å². The van der Waals surface area contributed by atoms with E-state index < -0.39 is 0 Å². The van der Waals surface area contributed by atoms with Crippen LogP contribution in [0.3, 0.4) is 0 Å². The number of allylic oxidation sites excluding steroid dienone is 5. The monoisotopic (exact) mass is 310 g/mol. The molecule has 22 heavy (non-hydrogen) atoms. The number of aliphatic hydroxyl groups is 2. The molecular formula is C20H38O2. The summed E-state index contributed by atoms with van der Waals surface area (Å²) in [6, 6.07) is 0. The summed E-state index contributed by atoms with van der Waals surface area (Å²) in [6.45, 7) is 13.2. The van der Waals surface area contributed by atoms with Crippen LogP contribution in [0.25, 0.3) is 0 Å². The van der Waals surface area contributed by atoms with E-state index in [1.807, 2.05) is 6.08 Å². The standard InChI is InChI=1S/C10H20O.C10H18O/c2*1-9(2)5-4-6-10(3)7-8-11/h5,10-11H,4,6-8H2,1-3H3;5,7,11H,4,6,8H2,1-3H3/b;10-7-. The van der Waals surface area contributed by atoms with E-state index in [1.54, 1.807) is 0 Å². The van der Waals surface area contributed by atoms with Gasteiger partial charge >= 0.3 is 0 Å². The van der Waals surface area contributed by atoms with Gasteiger partial charge in [-0.15, -0.1) is 0 Å². The molecule has 0 aliphatic heterocycles. The van der Waals surface area contributed by atoms with Gasteiger partial charge in [-0.3, -0.25) is 0 Å². The zero-order chi connectivity index (χ0) is 17.4. The van der Waals surface area contributed by atoms with Crippen LogP contribution >= 0.6 is 0 Å². The molecule has 2 nitrogen and oxygen atoms in total. The van der Waals surface area contributed by atoms with Crippen LogP contribution in [0.5, 0.6) is 0 Å². The smallest absolute Gasteiger partial charge is 0.0614 e. The van der Waals surface area contributed by atoms with Crippen LogP contribution in [0, 0.1) is 5.92 Å². The van der Waals surface area contributed by atoms with Crippen molar-refractivity contribution >= 4 is 0 Å². The average Bonchev–Trinajstić information content (AvgIpc) is 2.39. The predicted molar refractivity (Wildman–Crippen MR) is 99.0 cm³/mol.